The van der Waals surface area contributed by atoms with Crippen molar-refractivity contribution in [3.63, 3.8) is 0 Å². The van der Waals surface area contributed by atoms with Gasteiger partial charge in [-0.2, -0.15) is 5.10 Å². The standard InChI is InChI=1S/C11H9Cl2N3O2/c12-8-2-1-3-9(13)6(8)4-16-5-7(11(17)18)10(14)15-16/h1-3,5H,4H2,(H2,14,15)(H,17,18). The number of benzene rings is 1. The van der Waals surface area contributed by atoms with Crippen molar-refractivity contribution >= 4 is 35.0 Å². The quantitative estimate of drug-likeness (QED) is 0.908. The van der Waals surface area contributed by atoms with Crippen LogP contribution in [0.1, 0.15) is 15.9 Å². The van der Waals surface area contributed by atoms with Crippen LogP contribution in [0.3, 0.4) is 0 Å². The summed E-state index contributed by atoms with van der Waals surface area (Å²) >= 11 is 12.0. The van der Waals surface area contributed by atoms with Crippen LogP contribution in [-0.2, 0) is 6.54 Å². The maximum atomic E-state index is 10.8. The Morgan fingerprint density at radius 3 is 2.50 bits per heavy atom. The van der Waals surface area contributed by atoms with Crippen molar-refractivity contribution < 1.29 is 9.90 Å². The monoisotopic (exact) mass is 285 g/mol. The van der Waals surface area contributed by atoms with Crippen molar-refractivity contribution in [3.05, 3.63) is 45.6 Å². The largest absolute Gasteiger partial charge is 0.477 e. The maximum absolute atomic E-state index is 10.8. The Hall–Kier alpha value is -1.72. The van der Waals surface area contributed by atoms with Crippen molar-refractivity contribution in [2.75, 3.05) is 5.73 Å². The van der Waals surface area contributed by atoms with Crippen molar-refractivity contribution in [3.8, 4) is 0 Å². The number of carboxylic acid groups (broad SMARTS) is 1. The van der Waals surface area contributed by atoms with E-state index in [1.807, 2.05) is 0 Å². The molecule has 2 rings (SSSR count). The van der Waals surface area contributed by atoms with Gasteiger partial charge < -0.3 is 10.8 Å². The molecule has 0 aliphatic carbocycles. The zero-order valence-corrected chi connectivity index (χ0v) is 10.6. The van der Waals surface area contributed by atoms with E-state index in [1.54, 1.807) is 18.2 Å². The second kappa shape index (κ2) is 4.88. The van der Waals surface area contributed by atoms with Crippen LogP contribution in [0.4, 0.5) is 5.82 Å². The van der Waals surface area contributed by atoms with E-state index in [-0.39, 0.29) is 17.9 Å². The third-order valence-corrected chi connectivity index (χ3v) is 3.11. The Morgan fingerprint density at radius 1 is 1.39 bits per heavy atom. The van der Waals surface area contributed by atoms with Crippen LogP contribution in [0, 0.1) is 0 Å². The number of hydrogen-bond acceptors (Lipinski definition) is 3. The number of aromatic nitrogens is 2. The molecule has 0 amide bonds. The van der Waals surface area contributed by atoms with Gasteiger partial charge in [-0.15, -0.1) is 0 Å². The van der Waals surface area contributed by atoms with Crippen molar-refractivity contribution in [2.45, 2.75) is 6.54 Å². The van der Waals surface area contributed by atoms with Crippen LogP contribution >= 0.6 is 23.2 Å². The molecule has 0 aliphatic rings. The lowest BCUT2D eigenvalue weighted by molar-refractivity contribution is 0.0698. The van der Waals surface area contributed by atoms with Crippen molar-refractivity contribution in [2.24, 2.45) is 0 Å². The van der Waals surface area contributed by atoms with Crippen LogP contribution < -0.4 is 5.73 Å². The Labute approximate surface area is 113 Å². The Balaban J connectivity index is 2.35. The summed E-state index contributed by atoms with van der Waals surface area (Å²) in [7, 11) is 0. The Bertz CT molecular complexity index is 590. The van der Waals surface area contributed by atoms with E-state index < -0.39 is 5.97 Å². The first-order valence-corrected chi connectivity index (χ1v) is 5.73. The van der Waals surface area contributed by atoms with E-state index in [1.165, 1.54) is 10.9 Å². The summed E-state index contributed by atoms with van der Waals surface area (Å²) in [6.07, 6.45) is 1.34. The molecule has 94 valence electrons. The molecule has 0 saturated heterocycles. The number of nitrogens with two attached hydrogens (primary N) is 1. The molecule has 0 fully saturated rings. The smallest absolute Gasteiger partial charge is 0.341 e. The lowest BCUT2D eigenvalue weighted by atomic mass is 10.2. The van der Waals surface area contributed by atoms with E-state index in [0.29, 0.717) is 15.6 Å². The second-order valence-corrected chi connectivity index (χ2v) is 4.45. The molecule has 1 aromatic heterocycles. The van der Waals surface area contributed by atoms with Gasteiger partial charge >= 0.3 is 5.97 Å². The molecule has 0 spiro atoms. The van der Waals surface area contributed by atoms with Gasteiger partial charge in [-0.1, -0.05) is 29.3 Å². The van der Waals surface area contributed by atoms with Gasteiger partial charge in [0.05, 0.1) is 6.54 Å². The summed E-state index contributed by atoms with van der Waals surface area (Å²) < 4.78 is 1.39. The van der Waals surface area contributed by atoms with Crippen molar-refractivity contribution in [1.29, 1.82) is 0 Å². The summed E-state index contributed by atoms with van der Waals surface area (Å²) in [6.45, 7) is 0.260. The highest BCUT2D eigenvalue weighted by molar-refractivity contribution is 6.35. The lowest BCUT2D eigenvalue weighted by Crippen LogP contribution is -2.02. The van der Waals surface area contributed by atoms with Gasteiger partial charge in [0.25, 0.3) is 0 Å². The summed E-state index contributed by atoms with van der Waals surface area (Å²) in [5.41, 5.74) is 6.12. The zero-order chi connectivity index (χ0) is 13.3. The molecule has 18 heavy (non-hydrogen) atoms. The number of rotatable bonds is 3. The molecule has 1 aromatic carbocycles. The SMILES string of the molecule is Nc1nn(Cc2c(Cl)cccc2Cl)cc1C(=O)O. The molecule has 3 N–H and O–H groups in total. The van der Waals surface area contributed by atoms with Gasteiger partial charge in [-0.3, -0.25) is 4.68 Å². The van der Waals surface area contributed by atoms with Gasteiger partial charge in [0.1, 0.15) is 5.56 Å². The minimum absolute atomic E-state index is 0.0364. The first-order valence-electron chi connectivity index (χ1n) is 4.98. The highest BCUT2D eigenvalue weighted by Crippen LogP contribution is 2.25. The topological polar surface area (TPSA) is 81.1 Å². The zero-order valence-electron chi connectivity index (χ0n) is 9.10. The van der Waals surface area contributed by atoms with Crippen LogP contribution in [0.15, 0.2) is 24.4 Å². The molecule has 0 unspecified atom stereocenters. The minimum Gasteiger partial charge on any atom is -0.477 e. The van der Waals surface area contributed by atoms with Gasteiger partial charge in [0.15, 0.2) is 5.82 Å². The van der Waals surface area contributed by atoms with E-state index >= 15 is 0 Å². The Morgan fingerprint density at radius 2 is 2.00 bits per heavy atom. The molecule has 0 atom stereocenters. The van der Waals surface area contributed by atoms with Gasteiger partial charge in [0.2, 0.25) is 0 Å². The fourth-order valence-corrected chi connectivity index (χ4v) is 2.04. The average molecular weight is 286 g/mol. The van der Waals surface area contributed by atoms with E-state index in [9.17, 15) is 4.79 Å². The van der Waals surface area contributed by atoms with E-state index in [4.69, 9.17) is 34.0 Å². The van der Waals surface area contributed by atoms with Crippen molar-refractivity contribution in [1.82, 2.24) is 9.78 Å². The highest BCUT2D eigenvalue weighted by Gasteiger charge is 2.14. The van der Waals surface area contributed by atoms with Crippen LogP contribution in [0.5, 0.6) is 0 Å². The molecule has 0 aliphatic heterocycles. The number of aromatic carboxylic acids is 1. The van der Waals surface area contributed by atoms with Crippen LogP contribution in [0.25, 0.3) is 0 Å². The number of nitrogen functional groups attached to an aromatic ring is 1. The summed E-state index contributed by atoms with van der Waals surface area (Å²) in [6, 6.07) is 5.13. The third kappa shape index (κ3) is 2.42. The first kappa shape index (κ1) is 12.7. The number of nitrogens with zero attached hydrogens (tertiary/aromatic N) is 2. The molecule has 2 aromatic rings. The molecule has 5 nitrogen and oxygen atoms in total. The maximum Gasteiger partial charge on any atom is 0.341 e. The fraction of sp³-hybridized carbons (Fsp3) is 0.0909. The summed E-state index contributed by atoms with van der Waals surface area (Å²) in [4.78, 5) is 10.8. The Kier molecular flexibility index (Phi) is 3.45. The molecular formula is C11H9Cl2N3O2. The van der Waals surface area contributed by atoms with Gasteiger partial charge in [-0.05, 0) is 12.1 Å². The number of halogens is 2. The minimum atomic E-state index is -1.12. The molecular weight excluding hydrogens is 277 g/mol. The van der Waals surface area contributed by atoms with E-state index in [2.05, 4.69) is 5.10 Å². The molecule has 0 bridgehead atoms. The summed E-state index contributed by atoms with van der Waals surface area (Å²) in [5, 5.41) is 13.8. The van der Waals surface area contributed by atoms with E-state index in [0.717, 1.165) is 0 Å². The predicted molar refractivity (Wildman–Crippen MR) is 69.2 cm³/mol. The van der Waals surface area contributed by atoms with Crippen LogP contribution in [0.2, 0.25) is 10.0 Å². The first-order chi connectivity index (χ1) is 8.49. The molecule has 0 radical (unpaired) electrons. The predicted octanol–water partition coefficient (Wildman–Crippen LogP) is 2.52. The second-order valence-electron chi connectivity index (χ2n) is 3.63. The fourth-order valence-electron chi connectivity index (χ4n) is 1.53. The highest BCUT2D eigenvalue weighted by atomic mass is 35.5. The third-order valence-electron chi connectivity index (χ3n) is 2.40. The van der Waals surface area contributed by atoms with Gasteiger partial charge in [0, 0.05) is 21.8 Å². The van der Waals surface area contributed by atoms with Crippen LogP contribution in [-0.4, -0.2) is 20.9 Å². The molecule has 7 heteroatoms. The van der Waals surface area contributed by atoms with Gasteiger partial charge in [-0.25, -0.2) is 4.79 Å². The number of carbonyl (C=O) groups is 1. The normalized spacial score (nSPS) is 10.6. The number of hydrogen-bond donors (Lipinski definition) is 2. The number of carboxylic acids is 1. The summed E-state index contributed by atoms with van der Waals surface area (Å²) in [5.74, 6) is -1.16. The lowest BCUT2D eigenvalue weighted by Gasteiger charge is -2.06. The molecule has 1 heterocycles. The molecule has 0 saturated carbocycles. The average Bonchev–Trinajstić information content (AvgIpc) is 2.65. The number of anilines is 1.